The lowest BCUT2D eigenvalue weighted by molar-refractivity contribution is -0.133. The van der Waals surface area contributed by atoms with Gasteiger partial charge in [-0.3, -0.25) is 4.79 Å². The molecule has 0 saturated carbocycles. The number of ether oxygens (including phenoxy) is 1. The number of piperazine rings is 1. The summed E-state index contributed by atoms with van der Waals surface area (Å²) < 4.78 is 5.95. The van der Waals surface area contributed by atoms with E-state index < -0.39 is 0 Å². The molecule has 1 saturated heterocycles. The van der Waals surface area contributed by atoms with Gasteiger partial charge in [-0.15, -0.1) is 10.2 Å². The van der Waals surface area contributed by atoms with Crippen molar-refractivity contribution in [1.82, 2.24) is 15.1 Å². The number of rotatable bonds is 6. The maximum Gasteiger partial charge on any atom is 0.260 e. The molecule has 6 heteroatoms. The molecule has 1 aromatic heterocycles. The monoisotopic (exact) mass is 458 g/mol. The number of anilines is 1. The van der Waals surface area contributed by atoms with E-state index in [4.69, 9.17) is 4.74 Å². The van der Waals surface area contributed by atoms with E-state index in [1.165, 1.54) is 11.1 Å². The lowest BCUT2D eigenvalue weighted by atomic mass is 10.0. The van der Waals surface area contributed by atoms with E-state index in [1.807, 2.05) is 30.0 Å². The first kappa shape index (κ1) is 23.7. The zero-order valence-corrected chi connectivity index (χ0v) is 20.8. The molecule has 2 aromatic carbocycles. The molecule has 0 unspecified atom stereocenters. The standard InChI is InChI=1S/C28H34N4O2/c1-19(2)24-9-6-20(3)16-26(24)34-18-28(33)32-14-12-31(13-15-32)27-11-10-25(29-30-27)23-8-7-21(4)22(5)17-23/h6-11,16-17,19H,12-15,18H2,1-5H3. The van der Waals surface area contributed by atoms with Crippen LogP contribution in [0.1, 0.15) is 42.0 Å². The molecule has 3 aromatic rings. The highest BCUT2D eigenvalue weighted by molar-refractivity contribution is 5.78. The van der Waals surface area contributed by atoms with E-state index in [1.54, 1.807) is 0 Å². The molecular formula is C28H34N4O2. The summed E-state index contributed by atoms with van der Waals surface area (Å²) in [6.45, 7) is 13.3. The third-order valence-corrected chi connectivity index (χ3v) is 6.55. The van der Waals surface area contributed by atoms with Gasteiger partial charge in [0.25, 0.3) is 5.91 Å². The van der Waals surface area contributed by atoms with Crippen molar-refractivity contribution in [2.24, 2.45) is 0 Å². The van der Waals surface area contributed by atoms with E-state index in [9.17, 15) is 4.79 Å². The Bertz CT molecular complexity index is 1150. The molecule has 0 radical (unpaired) electrons. The molecule has 1 aliphatic rings. The van der Waals surface area contributed by atoms with Gasteiger partial charge in [-0.05, 0) is 73.2 Å². The maximum atomic E-state index is 12.8. The number of hydrogen-bond donors (Lipinski definition) is 0. The summed E-state index contributed by atoms with van der Waals surface area (Å²) in [5.74, 6) is 2.02. The van der Waals surface area contributed by atoms with E-state index in [2.05, 4.69) is 73.1 Å². The number of benzene rings is 2. The van der Waals surface area contributed by atoms with Gasteiger partial charge >= 0.3 is 0 Å². The molecule has 6 nitrogen and oxygen atoms in total. The van der Waals surface area contributed by atoms with Gasteiger partial charge in [-0.2, -0.15) is 0 Å². The molecular weight excluding hydrogens is 424 g/mol. The van der Waals surface area contributed by atoms with Crippen LogP contribution < -0.4 is 9.64 Å². The van der Waals surface area contributed by atoms with Crippen molar-refractivity contribution in [3.63, 3.8) is 0 Å². The van der Waals surface area contributed by atoms with Crippen LogP contribution in [-0.4, -0.2) is 53.8 Å². The van der Waals surface area contributed by atoms with Crippen LogP contribution in [-0.2, 0) is 4.79 Å². The highest BCUT2D eigenvalue weighted by Gasteiger charge is 2.23. The minimum atomic E-state index is 0.0204. The highest BCUT2D eigenvalue weighted by atomic mass is 16.5. The van der Waals surface area contributed by atoms with Gasteiger partial charge in [-0.1, -0.05) is 38.1 Å². The molecule has 0 aliphatic carbocycles. The predicted molar refractivity (Wildman–Crippen MR) is 136 cm³/mol. The van der Waals surface area contributed by atoms with Crippen molar-refractivity contribution in [2.75, 3.05) is 37.7 Å². The number of carbonyl (C=O) groups is 1. The summed E-state index contributed by atoms with van der Waals surface area (Å²) in [7, 11) is 0. The first-order valence-corrected chi connectivity index (χ1v) is 12.0. The molecule has 34 heavy (non-hydrogen) atoms. The van der Waals surface area contributed by atoms with E-state index in [0.29, 0.717) is 19.0 Å². The van der Waals surface area contributed by atoms with Crippen molar-refractivity contribution in [3.05, 3.63) is 70.8 Å². The molecule has 1 aliphatic heterocycles. The molecule has 0 spiro atoms. The summed E-state index contributed by atoms with van der Waals surface area (Å²) in [5.41, 5.74) is 6.72. The zero-order chi connectivity index (χ0) is 24.2. The third-order valence-electron chi connectivity index (χ3n) is 6.55. The minimum absolute atomic E-state index is 0.0204. The first-order chi connectivity index (χ1) is 16.3. The normalized spacial score (nSPS) is 13.9. The molecule has 1 fully saturated rings. The van der Waals surface area contributed by atoms with Crippen molar-refractivity contribution in [1.29, 1.82) is 0 Å². The molecule has 178 valence electrons. The second-order valence-corrected chi connectivity index (χ2v) is 9.43. The van der Waals surface area contributed by atoms with Gasteiger partial charge in [0.1, 0.15) is 5.75 Å². The van der Waals surface area contributed by atoms with Crippen LogP contribution in [0.3, 0.4) is 0 Å². The van der Waals surface area contributed by atoms with Crippen molar-refractivity contribution in [3.8, 4) is 17.0 Å². The number of nitrogens with zero attached hydrogens (tertiary/aromatic N) is 4. The van der Waals surface area contributed by atoms with E-state index in [-0.39, 0.29) is 12.5 Å². The average Bonchev–Trinajstić information content (AvgIpc) is 2.84. The molecule has 4 rings (SSSR count). The zero-order valence-electron chi connectivity index (χ0n) is 20.8. The van der Waals surface area contributed by atoms with Gasteiger partial charge in [0.15, 0.2) is 12.4 Å². The Morgan fingerprint density at radius 2 is 1.68 bits per heavy atom. The molecule has 2 heterocycles. The van der Waals surface area contributed by atoms with Crippen LogP contribution >= 0.6 is 0 Å². The van der Waals surface area contributed by atoms with Gasteiger partial charge < -0.3 is 14.5 Å². The van der Waals surface area contributed by atoms with Gasteiger partial charge in [0.2, 0.25) is 0 Å². The molecule has 0 N–H and O–H groups in total. The summed E-state index contributed by atoms with van der Waals surface area (Å²) in [6, 6.07) is 16.6. The second-order valence-electron chi connectivity index (χ2n) is 9.43. The summed E-state index contributed by atoms with van der Waals surface area (Å²) >= 11 is 0. The van der Waals surface area contributed by atoms with Crippen LogP contribution in [0.4, 0.5) is 5.82 Å². The van der Waals surface area contributed by atoms with Crippen LogP contribution in [0.15, 0.2) is 48.5 Å². The minimum Gasteiger partial charge on any atom is -0.483 e. The van der Waals surface area contributed by atoms with Crippen molar-refractivity contribution in [2.45, 2.75) is 40.5 Å². The Kier molecular flexibility index (Phi) is 7.15. The van der Waals surface area contributed by atoms with Crippen LogP contribution in [0.2, 0.25) is 0 Å². The number of carbonyl (C=O) groups excluding carboxylic acids is 1. The Balaban J connectivity index is 1.32. The molecule has 0 bridgehead atoms. The van der Waals surface area contributed by atoms with Crippen LogP contribution in [0.5, 0.6) is 5.75 Å². The SMILES string of the molecule is Cc1ccc(C(C)C)c(OCC(=O)N2CCN(c3ccc(-c4ccc(C)c(C)c4)nn3)CC2)c1. The number of hydrogen-bond acceptors (Lipinski definition) is 5. The second kappa shape index (κ2) is 10.2. The topological polar surface area (TPSA) is 58.6 Å². The number of aromatic nitrogens is 2. The summed E-state index contributed by atoms with van der Waals surface area (Å²) in [5, 5.41) is 8.91. The van der Waals surface area contributed by atoms with Crippen LogP contribution in [0.25, 0.3) is 11.3 Å². The summed E-state index contributed by atoms with van der Waals surface area (Å²) in [6.07, 6.45) is 0. The maximum absolute atomic E-state index is 12.8. The lowest BCUT2D eigenvalue weighted by Crippen LogP contribution is -2.50. The van der Waals surface area contributed by atoms with E-state index in [0.717, 1.165) is 47.0 Å². The van der Waals surface area contributed by atoms with Crippen molar-refractivity contribution >= 4 is 11.7 Å². The van der Waals surface area contributed by atoms with Crippen LogP contribution in [0, 0.1) is 20.8 Å². The molecule has 0 atom stereocenters. The predicted octanol–water partition coefficient (Wildman–Crippen LogP) is 4.92. The first-order valence-electron chi connectivity index (χ1n) is 12.0. The average molecular weight is 459 g/mol. The quantitative estimate of drug-likeness (QED) is 0.525. The van der Waals surface area contributed by atoms with Gasteiger partial charge in [0, 0.05) is 31.7 Å². The fraction of sp³-hybridized carbons (Fsp3) is 0.393. The Hall–Kier alpha value is -3.41. The fourth-order valence-corrected chi connectivity index (χ4v) is 4.21. The summed E-state index contributed by atoms with van der Waals surface area (Å²) in [4.78, 5) is 16.8. The largest absolute Gasteiger partial charge is 0.483 e. The fourth-order valence-electron chi connectivity index (χ4n) is 4.21. The Labute approximate surface area is 202 Å². The van der Waals surface area contributed by atoms with Gasteiger partial charge in [-0.25, -0.2) is 0 Å². The van der Waals surface area contributed by atoms with E-state index >= 15 is 0 Å². The lowest BCUT2D eigenvalue weighted by Gasteiger charge is -2.35. The smallest absolute Gasteiger partial charge is 0.260 e. The third kappa shape index (κ3) is 5.38. The number of aryl methyl sites for hydroxylation is 3. The molecule has 1 amide bonds. The number of amides is 1. The Morgan fingerprint density at radius 1 is 0.912 bits per heavy atom. The Morgan fingerprint density at radius 3 is 2.32 bits per heavy atom. The van der Waals surface area contributed by atoms with Crippen molar-refractivity contribution < 1.29 is 9.53 Å². The highest BCUT2D eigenvalue weighted by Crippen LogP contribution is 2.27. The van der Waals surface area contributed by atoms with Gasteiger partial charge in [0.05, 0.1) is 5.69 Å².